The lowest BCUT2D eigenvalue weighted by Crippen LogP contribution is -2.07. The molecule has 1 fully saturated rings. The van der Waals surface area contributed by atoms with Gasteiger partial charge in [0, 0.05) is 6.42 Å². The number of hydrogen-bond acceptors (Lipinski definition) is 1. The number of benzene rings is 1. The second-order valence-electron chi connectivity index (χ2n) is 5.36. The van der Waals surface area contributed by atoms with Crippen LogP contribution in [0.5, 0.6) is 0 Å². The summed E-state index contributed by atoms with van der Waals surface area (Å²) in [5, 5.41) is 0.743. The molecule has 0 amide bonds. The highest BCUT2D eigenvalue weighted by atomic mass is 35.5. The summed E-state index contributed by atoms with van der Waals surface area (Å²) < 4.78 is 0. The molecule has 3 rings (SSSR count). The first-order chi connectivity index (χ1) is 8.83. The molecule has 0 spiro atoms. The fourth-order valence-corrected chi connectivity index (χ4v) is 3.20. The lowest BCUT2D eigenvalue weighted by molar-refractivity contribution is 0.337. The summed E-state index contributed by atoms with van der Waals surface area (Å²) in [5.74, 6) is 1.99. The van der Waals surface area contributed by atoms with Crippen LogP contribution in [0.15, 0.2) is 18.2 Å². The summed E-state index contributed by atoms with van der Waals surface area (Å²) in [4.78, 5) is 7.99. The van der Waals surface area contributed by atoms with Crippen molar-refractivity contribution in [1.29, 1.82) is 0 Å². The molecule has 0 radical (unpaired) electrons. The van der Waals surface area contributed by atoms with E-state index in [4.69, 9.17) is 11.6 Å². The number of para-hydroxylation sites is 1. The summed E-state index contributed by atoms with van der Waals surface area (Å²) in [6.07, 6.45) is 9.37. The van der Waals surface area contributed by atoms with Gasteiger partial charge in [-0.25, -0.2) is 4.98 Å². The van der Waals surface area contributed by atoms with E-state index in [0.29, 0.717) is 0 Å². The average molecular weight is 263 g/mol. The van der Waals surface area contributed by atoms with Crippen molar-refractivity contribution < 1.29 is 0 Å². The molecule has 96 valence electrons. The maximum absolute atomic E-state index is 6.14. The predicted octanol–water partition coefficient (Wildman–Crippen LogP) is 4.73. The minimum Gasteiger partial charge on any atom is -0.342 e. The van der Waals surface area contributed by atoms with E-state index in [9.17, 15) is 0 Å². The smallest absolute Gasteiger partial charge is 0.107 e. The van der Waals surface area contributed by atoms with Gasteiger partial charge in [0.1, 0.15) is 11.3 Å². The molecule has 18 heavy (non-hydrogen) atoms. The van der Waals surface area contributed by atoms with Crippen molar-refractivity contribution in [3.63, 3.8) is 0 Å². The number of fused-ring (bicyclic) bond motifs is 1. The number of H-pyrrole nitrogens is 1. The molecule has 0 aliphatic heterocycles. The topological polar surface area (TPSA) is 28.7 Å². The molecule has 1 aromatic heterocycles. The Morgan fingerprint density at radius 2 is 2.06 bits per heavy atom. The molecule has 0 unspecified atom stereocenters. The third-order valence-corrected chi connectivity index (χ3v) is 4.33. The summed E-state index contributed by atoms with van der Waals surface area (Å²) in [5.41, 5.74) is 1.97. The van der Waals surface area contributed by atoms with E-state index in [1.165, 1.54) is 38.5 Å². The molecule has 3 heteroatoms. The van der Waals surface area contributed by atoms with E-state index in [1.807, 2.05) is 18.2 Å². The van der Waals surface area contributed by atoms with Crippen LogP contribution < -0.4 is 0 Å². The van der Waals surface area contributed by atoms with E-state index in [2.05, 4.69) is 9.97 Å². The van der Waals surface area contributed by atoms with Gasteiger partial charge in [-0.2, -0.15) is 0 Å². The van der Waals surface area contributed by atoms with E-state index in [-0.39, 0.29) is 0 Å². The second kappa shape index (κ2) is 5.31. The Balaban J connectivity index is 1.69. The second-order valence-corrected chi connectivity index (χ2v) is 5.77. The number of nitrogens with zero attached hydrogens (tertiary/aromatic N) is 1. The Morgan fingerprint density at radius 1 is 1.22 bits per heavy atom. The van der Waals surface area contributed by atoms with Crippen LogP contribution in [0.2, 0.25) is 5.02 Å². The Hall–Kier alpha value is -1.02. The quantitative estimate of drug-likeness (QED) is 0.851. The van der Waals surface area contributed by atoms with Gasteiger partial charge in [-0.15, -0.1) is 0 Å². The molecular formula is C15H19ClN2. The van der Waals surface area contributed by atoms with Crippen LogP contribution >= 0.6 is 11.6 Å². The zero-order chi connectivity index (χ0) is 12.4. The first-order valence-electron chi connectivity index (χ1n) is 6.96. The van der Waals surface area contributed by atoms with Crippen molar-refractivity contribution in [3.8, 4) is 0 Å². The summed E-state index contributed by atoms with van der Waals surface area (Å²) in [7, 11) is 0. The normalized spacial score (nSPS) is 17.4. The van der Waals surface area contributed by atoms with Gasteiger partial charge in [-0.3, -0.25) is 0 Å². The zero-order valence-corrected chi connectivity index (χ0v) is 11.3. The van der Waals surface area contributed by atoms with Gasteiger partial charge >= 0.3 is 0 Å². The Labute approximate surface area is 113 Å². The van der Waals surface area contributed by atoms with Gasteiger partial charge in [-0.1, -0.05) is 49.8 Å². The molecule has 1 heterocycles. The lowest BCUT2D eigenvalue weighted by atomic mass is 9.86. The molecule has 1 N–H and O–H groups in total. The van der Waals surface area contributed by atoms with E-state index in [0.717, 1.165) is 34.2 Å². The molecule has 0 bridgehead atoms. The molecule has 0 atom stereocenters. The highest BCUT2D eigenvalue weighted by Gasteiger charge is 2.14. The van der Waals surface area contributed by atoms with Crippen LogP contribution in [0.25, 0.3) is 11.0 Å². The Morgan fingerprint density at radius 3 is 2.83 bits per heavy atom. The van der Waals surface area contributed by atoms with Crippen molar-refractivity contribution >= 4 is 22.6 Å². The molecule has 1 aliphatic carbocycles. The third kappa shape index (κ3) is 2.54. The number of imidazole rings is 1. The molecule has 0 saturated heterocycles. The average Bonchev–Trinajstić information content (AvgIpc) is 2.82. The summed E-state index contributed by atoms with van der Waals surface area (Å²) in [6.45, 7) is 0. The first-order valence-corrected chi connectivity index (χ1v) is 7.34. The maximum Gasteiger partial charge on any atom is 0.107 e. The van der Waals surface area contributed by atoms with Gasteiger partial charge in [0.25, 0.3) is 0 Å². The Bertz CT molecular complexity index is 526. The van der Waals surface area contributed by atoms with Gasteiger partial charge in [0.2, 0.25) is 0 Å². The number of hydrogen-bond donors (Lipinski definition) is 1. The monoisotopic (exact) mass is 262 g/mol. The predicted molar refractivity (Wildman–Crippen MR) is 76.0 cm³/mol. The number of halogens is 1. The van der Waals surface area contributed by atoms with Gasteiger partial charge in [-0.05, 0) is 24.5 Å². The van der Waals surface area contributed by atoms with Crippen LogP contribution in [-0.2, 0) is 6.42 Å². The van der Waals surface area contributed by atoms with Crippen molar-refractivity contribution in [2.24, 2.45) is 5.92 Å². The molecule has 1 saturated carbocycles. The third-order valence-electron chi connectivity index (χ3n) is 4.03. The molecule has 1 aromatic carbocycles. The highest BCUT2D eigenvalue weighted by molar-refractivity contribution is 6.34. The summed E-state index contributed by atoms with van der Waals surface area (Å²) >= 11 is 6.14. The van der Waals surface area contributed by atoms with E-state index < -0.39 is 0 Å². The Kier molecular flexibility index (Phi) is 3.55. The standard InChI is InChI=1S/C15H19ClN2/c16-12-7-4-8-13-15(12)18-14(17-13)10-9-11-5-2-1-3-6-11/h4,7-8,11H,1-3,5-6,9-10H2,(H,17,18). The van der Waals surface area contributed by atoms with Crippen LogP contribution in [0.3, 0.4) is 0 Å². The van der Waals surface area contributed by atoms with Crippen molar-refractivity contribution in [3.05, 3.63) is 29.0 Å². The van der Waals surface area contributed by atoms with Gasteiger partial charge < -0.3 is 4.98 Å². The van der Waals surface area contributed by atoms with Crippen LogP contribution in [0, 0.1) is 5.92 Å². The molecule has 2 nitrogen and oxygen atoms in total. The highest BCUT2D eigenvalue weighted by Crippen LogP contribution is 2.28. The van der Waals surface area contributed by atoms with Crippen LogP contribution in [0.1, 0.15) is 44.3 Å². The molecule has 2 aromatic rings. The molecule has 1 aliphatic rings. The zero-order valence-electron chi connectivity index (χ0n) is 10.6. The number of aryl methyl sites for hydroxylation is 1. The largest absolute Gasteiger partial charge is 0.342 e. The lowest BCUT2D eigenvalue weighted by Gasteiger charge is -2.20. The van der Waals surface area contributed by atoms with Gasteiger partial charge in [0.15, 0.2) is 0 Å². The van der Waals surface area contributed by atoms with E-state index >= 15 is 0 Å². The minimum absolute atomic E-state index is 0.743. The number of aromatic nitrogens is 2. The van der Waals surface area contributed by atoms with Crippen molar-refractivity contribution in [2.75, 3.05) is 0 Å². The number of rotatable bonds is 3. The van der Waals surface area contributed by atoms with Crippen molar-refractivity contribution in [2.45, 2.75) is 44.9 Å². The minimum atomic E-state index is 0.743. The van der Waals surface area contributed by atoms with Crippen molar-refractivity contribution in [1.82, 2.24) is 9.97 Å². The number of aromatic amines is 1. The fraction of sp³-hybridized carbons (Fsp3) is 0.533. The SMILES string of the molecule is Clc1cccc2[nH]c(CCC3CCCCC3)nc12. The maximum atomic E-state index is 6.14. The first kappa shape index (κ1) is 12.0. The van der Waals surface area contributed by atoms with Crippen LogP contribution in [-0.4, -0.2) is 9.97 Å². The van der Waals surface area contributed by atoms with Gasteiger partial charge in [0.05, 0.1) is 10.5 Å². The number of nitrogens with one attached hydrogen (secondary N) is 1. The molecular weight excluding hydrogens is 244 g/mol. The van der Waals surface area contributed by atoms with Crippen LogP contribution in [0.4, 0.5) is 0 Å². The fourth-order valence-electron chi connectivity index (χ4n) is 2.98. The van der Waals surface area contributed by atoms with E-state index in [1.54, 1.807) is 0 Å². The summed E-state index contributed by atoms with van der Waals surface area (Å²) in [6, 6.07) is 5.90.